The first-order chi connectivity index (χ1) is 7.20. The molecule has 92 valence electrons. The maximum Gasteiger partial charge on any atom is -0.00217 e. The molecule has 15 heavy (non-hydrogen) atoms. The third-order valence-electron chi connectivity index (χ3n) is 3.33. The fourth-order valence-corrected chi connectivity index (χ4v) is 1.83. The van der Waals surface area contributed by atoms with Gasteiger partial charge in [-0.3, -0.25) is 0 Å². The number of hydrogen-bond donors (Lipinski definition) is 0. The molecule has 0 aromatic heterocycles. The van der Waals surface area contributed by atoms with Gasteiger partial charge >= 0.3 is 0 Å². The molecule has 0 radical (unpaired) electrons. The van der Waals surface area contributed by atoms with Gasteiger partial charge in [-0.05, 0) is 45.3 Å². The molecular formula is C14H31N. The second kappa shape index (κ2) is 10.5. The lowest BCUT2D eigenvalue weighted by Crippen LogP contribution is -2.21. The van der Waals surface area contributed by atoms with Crippen LogP contribution in [0.4, 0.5) is 0 Å². The Balaban J connectivity index is 3.21. The van der Waals surface area contributed by atoms with Crippen LogP contribution in [0.5, 0.6) is 0 Å². The zero-order valence-electron chi connectivity index (χ0n) is 11.4. The Bertz CT molecular complexity index is 123. The highest BCUT2D eigenvalue weighted by molar-refractivity contribution is 4.56. The first-order valence-electron chi connectivity index (χ1n) is 6.89. The second-order valence-electron chi connectivity index (χ2n) is 5.02. The zero-order valence-corrected chi connectivity index (χ0v) is 11.4. The molecule has 0 aromatic carbocycles. The van der Waals surface area contributed by atoms with E-state index >= 15 is 0 Å². The molecule has 0 amide bonds. The third kappa shape index (κ3) is 10.2. The average Bonchev–Trinajstić information content (AvgIpc) is 2.24. The van der Waals surface area contributed by atoms with Crippen LogP contribution in [0.3, 0.4) is 0 Å². The Hall–Kier alpha value is -0.0400. The van der Waals surface area contributed by atoms with Crippen LogP contribution in [0, 0.1) is 5.92 Å². The summed E-state index contributed by atoms with van der Waals surface area (Å²) in [4.78, 5) is 2.50. The van der Waals surface area contributed by atoms with E-state index in [1.54, 1.807) is 0 Å². The minimum absolute atomic E-state index is 0.915. The smallest absolute Gasteiger partial charge is 0.00217 e. The molecule has 0 heterocycles. The summed E-state index contributed by atoms with van der Waals surface area (Å²) >= 11 is 0. The Labute approximate surface area is 97.2 Å². The van der Waals surface area contributed by atoms with Gasteiger partial charge in [0.1, 0.15) is 0 Å². The summed E-state index contributed by atoms with van der Waals surface area (Å²) in [6.45, 7) is 9.51. The molecule has 0 aliphatic rings. The van der Waals surface area contributed by atoms with Crippen molar-refractivity contribution in [1.82, 2.24) is 4.90 Å². The summed E-state index contributed by atoms with van der Waals surface area (Å²) in [6.07, 6.45) is 9.65. The van der Waals surface area contributed by atoms with Crippen LogP contribution < -0.4 is 0 Å². The molecule has 0 saturated carbocycles. The fourth-order valence-electron chi connectivity index (χ4n) is 1.83. The molecular weight excluding hydrogens is 182 g/mol. The van der Waals surface area contributed by atoms with Crippen molar-refractivity contribution in [1.29, 1.82) is 0 Å². The Kier molecular flexibility index (Phi) is 10.4. The van der Waals surface area contributed by atoms with Crippen molar-refractivity contribution in [3.8, 4) is 0 Å². The lowest BCUT2D eigenvalue weighted by Gasteiger charge is -2.17. The van der Waals surface area contributed by atoms with Crippen molar-refractivity contribution in [3.05, 3.63) is 0 Å². The number of hydrogen-bond acceptors (Lipinski definition) is 1. The average molecular weight is 213 g/mol. The van der Waals surface area contributed by atoms with Gasteiger partial charge in [-0.2, -0.15) is 0 Å². The number of nitrogens with zero attached hydrogens (tertiary/aromatic N) is 1. The Morgan fingerprint density at radius 2 is 1.60 bits per heavy atom. The third-order valence-corrected chi connectivity index (χ3v) is 3.33. The molecule has 0 rings (SSSR count). The molecule has 0 aliphatic heterocycles. The molecule has 0 bridgehead atoms. The maximum atomic E-state index is 2.50. The van der Waals surface area contributed by atoms with Gasteiger partial charge in [0, 0.05) is 0 Å². The summed E-state index contributed by atoms with van der Waals surface area (Å²) in [5.74, 6) is 0.915. The Morgan fingerprint density at radius 3 is 2.20 bits per heavy atom. The van der Waals surface area contributed by atoms with E-state index in [0.717, 1.165) is 5.92 Å². The van der Waals surface area contributed by atoms with E-state index in [1.165, 1.54) is 58.0 Å². The van der Waals surface area contributed by atoms with Crippen LogP contribution in [0.1, 0.15) is 65.7 Å². The SMILES string of the molecule is CCCCCCN(C)CCCC(C)CC. The standard InChI is InChI=1S/C14H31N/c1-5-7-8-9-12-15(4)13-10-11-14(3)6-2/h14H,5-13H2,1-4H3. The predicted molar refractivity (Wildman–Crippen MR) is 70.3 cm³/mol. The zero-order chi connectivity index (χ0) is 11.5. The Morgan fingerprint density at radius 1 is 0.933 bits per heavy atom. The van der Waals surface area contributed by atoms with E-state index < -0.39 is 0 Å². The minimum Gasteiger partial charge on any atom is -0.306 e. The summed E-state index contributed by atoms with van der Waals surface area (Å²) in [5.41, 5.74) is 0. The molecule has 0 spiro atoms. The van der Waals surface area contributed by atoms with Gasteiger partial charge in [0.25, 0.3) is 0 Å². The predicted octanol–water partition coefficient (Wildman–Crippen LogP) is 4.32. The number of rotatable bonds is 10. The molecule has 0 saturated heterocycles. The molecule has 1 heteroatoms. The van der Waals surface area contributed by atoms with Gasteiger partial charge in [-0.25, -0.2) is 0 Å². The minimum atomic E-state index is 0.915. The molecule has 1 unspecified atom stereocenters. The molecule has 0 fully saturated rings. The van der Waals surface area contributed by atoms with Gasteiger partial charge in [0.05, 0.1) is 0 Å². The lowest BCUT2D eigenvalue weighted by molar-refractivity contribution is 0.306. The van der Waals surface area contributed by atoms with Gasteiger partial charge in [-0.15, -0.1) is 0 Å². The van der Waals surface area contributed by atoms with Crippen LogP contribution in [0.2, 0.25) is 0 Å². The van der Waals surface area contributed by atoms with Crippen molar-refractivity contribution in [2.75, 3.05) is 20.1 Å². The van der Waals surface area contributed by atoms with Crippen LogP contribution in [-0.2, 0) is 0 Å². The highest BCUT2D eigenvalue weighted by Crippen LogP contribution is 2.09. The highest BCUT2D eigenvalue weighted by atomic mass is 15.1. The largest absolute Gasteiger partial charge is 0.306 e. The first kappa shape index (κ1) is 15.0. The monoisotopic (exact) mass is 213 g/mol. The summed E-state index contributed by atoms with van der Waals surface area (Å²) in [7, 11) is 2.27. The normalized spacial score (nSPS) is 13.4. The quantitative estimate of drug-likeness (QED) is 0.488. The van der Waals surface area contributed by atoms with E-state index in [1.807, 2.05) is 0 Å². The number of unbranched alkanes of at least 4 members (excludes halogenated alkanes) is 3. The van der Waals surface area contributed by atoms with E-state index in [0.29, 0.717) is 0 Å². The first-order valence-corrected chi connectivity index (χ1v) is 6.89. The van der Waals surface area contributed by atoms with Crippen molar-refractivity contribution in [2.24, 2.45) is 5.92 Å². The summed E-state index contributed by atoms with van der Waals surface area (Å²) in [5, 5.41) is 0. The summed E-state index contributed by atoms with van der Waals surface area (Å²) in [6, 6.07) is 0. The fraction of sp³-hybridized carbons (Fsp3) is 1.00. The van der Waals surface area contributed by atoms with Crippen molar-refractivity contribution < 1.29 is 0 Å². The van der Waals surface area contributed by atoms with Crippen molar-refractivity contribution >= 4 is 0 Å². The van der Waals surface area contributed by atoms with Crippen LogP contribution >= 0.6 is 0 Å². The maximum absolute atomic E-state index is 2.50. The van der Waals surface area contributed by atoms with Crippen LogP contribution in [0.15, 0.2) is 0 Å². The lowest BCUT2D eigenvalue weighted by atomic mass is 10.0. The molecule has 0 N–H and O–H groups in total. The molecule has 0 aromatic rings. The summed E-state index contributed by atoms with van der Waals surface area (Å²) < 4.78 is 0. The van der Waals surface area contributed by atoms with Crippen LogP contribution in [-0.4, -0.2) is 25.0 Å². The molecule has 1 atom stereocenters. The van der Waals surface area contributed by atoms with Gasteiger partial charge in [0.2, 0.25) is 0 Å². The topological polar surface area (TPSA) is 3.24 Å². The second-order valence-corrected chi connectivity index (χ2v) is 5.02. The van der Waals surface area contributed by atoms with Gasteiger partial charge < -0.3 is 4.90 Å². The highest BCUT2D eigenvalue weighted by Gasteiger charge is 2.01. The van der Waals surface area contributed by atoms with Gasteiger partial charge in [-0.1, -0.05) is 46.5 Å². The van der Waals surface area contributed by atoms with E-state index in [9.17, 15) is 0 Å². The van der Waals surface area contributed by atoms with Crippen molar-refractivity contribution in [2.45, 2.75) is 65.7 Å². The van der Waals surface area contributed by atoms with Crippen molar-refractivity contribution in [3.63, 3.8) is 0 Å². The van der Waals surface area contributed by atoms with E-state index in [-0.39, 0.29) is 0 Å². The van der Waals surface area contributed by atoms with Crippen LogP contribution in [0.25, 0.3) is 0 Å². The van der Waals surface area contributed by atoms with E-state index in [2.05, 4.69) is 32.7 Å². The van der Waals surface area contributed by atoms with Gasteiger partial charge in [0.15, 0.2) is 0 Å². The molecule has 1 nitrogen and oxygen atoms in total. The molecule has 0 aliphatic carbocycles. The van der Waals surface area contributed by atoms with E-state index in [4.69, 9.17) is 0 Å².